The largest absolute Gasteiger partial charge is 0.0683 e. The van der Waals surface area contributed by atoms with E-state index in [1.165, 1.54) is 18.4 Å². The summed E-state index contributed by atoms with van der Waals surface area (Å²) in [5.74, 6) is 0.760. The predicted molar refractivity (Wildman–Crippen MR) is 72.5 cm³/mol. The Morgan fingerprint density at radius 1 is 0.800 bits per heavy atom. The van der Waals surface area contributed by atoms with Crippen molar-refractivity contribution >= 4 is 0 Å². The second-order valence-corrected chi connectivity index (χ2v) is 2.92. The maximum absolute atomic E-state index is 2.25. The zero-order valence-electron chi connectivity index (χ0n) is 11.4. The van der Waals surface area contributed by atoms with Crippen molar-refractivity contribution in [3.05, 3.63) is 35.9 Å². The Morgan fingerprint density at radius 2 is 1.20 bits per heavy atom. The summed E-state index contributed by atoms with van der Waals surface area (Å²) in [5, 5.41) is 0. The van der Waals surface area contributed by atoms with Crippen LogP contribution in [-0.2, 0) is 0 Å². The Labute approximate surface area is 96.7 Å². The summed E-state index contributed by atoms with van der Waals surface area (Å²) in [7, 11) is 0. The lowest BCUT2D eigenvalue weighted by atomic mass is 9.94. The summed E-state index contributed by atoms with van der Waals surface area (Å²) in [4.78, 5) is 0. The number of hydrogen-bond acceptors (Lipinski definition) is 0. The first-order valence-corrected chi connectivity index (χ1v) is 6.43. The average Bonchev–Trinajstić information content (AvgIpc) is 2.37. The first kappa shape index (κ1) is 16.6. The summed E-state index contributed by atoms with van der Waals surface area (Å²) >= 11 is 0. The van der Waals surface area contributed by atoms with Crippen LogP contribution in [0.3, 0.4) is 0 Å². The van der Waals surface area contributed by atoms with Crippen LogP contribution in [0.2, 0.25) is 0 Å². The summed E-state index contributed by atoms with van der Waals surface area (Å²) in [5.41, 5.74) is 1.48. The zero-order valence-corrected chi connectivity index (χ0v) is 11.4. The van der Waals surface area contributed by atoms with Crippen LogP contribution in [0.5, 0.6) is 0 Å². The molecular formula is C15H28. The summed E-state index contributed by atoms with van der Waals surface area (Å²) in [6, 6.07) is 10.8. The van der Waals surface area contributed by atoms with Crippen molar-refractivity contribution in [1.29, 1.82) is 0 Å². The molecule has 0 aliphatic rings. The normalized spacial score (nSPS) is 8.47. The maximum Gasteiger partial charge on any atom is -0.0167 e. The molecule has 0 amide bonds. The van der Waals surface area contributed by atoms with Gasteiger partial charge in [0.1, 0.15) is 0 Å². The molecule has 1 aromatic rings. The average molecular weight is 208 g/mol. The van der Waals surface area contributed by atoms with Gasteiger partial charge in [-0.15, -0.1) is 0 Å². The van der Waals surface area contributed by atoms with E-state index < -0.39 is 0 Å². The van der Waals surface area contributed by atoms with Crippen LogP contribution < -0.4 is 0 Å². The van der Waals surface area contributed by atoms with E-state index in [1.54, 1.807) is 0 Å². The number of benzene rings is 1. The van der Waals surface area contributed by atoms with E-state index in [-0.39, 0.29) is 0 Å². The van der Waals surface area contributed by atoms with Crippen molar-refractivity contribution in [1.82, 2.24) is 0 Å². The topological polar surface area (TPSA) is 0 Å². The summed E-state index contributed by atoms with van der Waals surface area (Å²) < 4.78 is 0. The van der Waals surface area contributed by atoms with Gasteiger partial charge in [-0.1, -0.05) is 71.9 Å². The minimum atomic E-state index is 0.760. The van der Waals surface area contributed by atoms with Crippen LogP contribution in [0.15, 0.2) is 30.3 Å². The van der Waals surface area contributed by atoms with Gasteiger partial charge in [0.25, 0.3) is 0 Å². The highest BCUT2D eigenvalue weighted by Gasteiger charge is 2.03. The Hall–Kier alpha value is -0.780. The van der Waals surface area contributed by atoms with Crippen molar-refractivity contribution < 1.29 is 0 Å². The molecule has 0 saturated carbocycles. The molecule has 0 spiro atoms. The van der Waals surface area contributed by atoms with E-state index in [4.69, 9.17) is 0 Å². The molecule has 0 N–H and O–H groups in total. The van der Waals surface area contributed by atoms with Gasteiger partial charge in [0, 0.05) is 0 Å². The molecule has 0 fully saturated rings. The highest BCUT2D eigenvalue weighted by atomic mass is 14.1. The summed E-state index contributed by atoms with van der Waals surface area (Å²) in [6.07, 6.45) is 2.50. The van der Waals surface area contributed by atoms with Crippen LogP contribution >= 0.6 is 0 Å². The van der Waals surface area contributed by atoms with Crippen molar-refractivity contribution in [3.8, 4) is 0 Å². The van der Waals surface area contributed by atoms with Crippen LogP contribution in [0, 0.1) is 0 Å². The Balaban J connectivity index is 0. The fourth-order valence-electron chi connectivity index (χ4n) is 1.49. The molecule has 0 heteroatoms. The molecule has 0 aliphatic carbocycles. The molecular weight excluding hydrogens is 180 g/mol. The van der Waals surface area contributed by atoms with Gasteiger partial charge < -0.3 is 0 Å². The molecule has 0 radical (unpaired) electrons. The van der Waals surface area contributed by atoms with E-state index in [0.29, 0.717) is 0 Å². The van der Waals surface area contributed by atoms with E-state index in [2.05, 4.69) is 44.2 Å². The minimum absolute atomic E-state index is 0.760. The highest BCUT2D eigenvalue weighted by molar-refractivity contribution is 5.18. The van der Waals surface area contributed by atoms with Crippen molar-refractivity contribution in [2.45, 2.75) is 60.3 Å². The number of rotatable bonds is 3. The fraction of sp³-hybridized carbons (Fsp3) is 0.600. The lowest BCUT2D eigenvalue weighted by molar-refractivity contribution is 0.642. The fourth-order valence-corrected chi connectivity index (χ4v) is 1.49. The van der Waals surface area contributed by atoms with Gasteiger partial charge in [0.2, 0.25) is 0 Å². The molecule has 0 nitrogen and oxygen atoms in total. The minimum Gasteiger partial charge on any atom is -0.0683 e. The van der Waals surface area contributed by atoms with Crippen molar-refractivity contribution in [3.63, 3.8) is 0 Å². The smallest absolute Gasteiger partial charge is 0.0167 e. The van der Waals surface area contributed by atoms with E-state index in [0.717, 1.165) is 5.92 Å². The zero-order chi connectivity index (χ0) is 12.1. The van der Waals surface area contributed by atoms with Crippen LogP contribution in [0.4, 0.5) is 0 Å². The van der Waals surface area contributed by atoms with Crippen molar-refractivity contribution in [2.75, 3.05) is 0 Å². The predicted octanol–water partition coefficient (Wildman–Crippen LogP) is 5.64. The van der Waals surface area contributed by atoms with Gasteiger partial charge in [-0.2, -0.15) is 0 Å². The third-order valence-electron chi connectivity index (χ3n) is 2.26. The van der Waals surface area contributed by atoms with Gasteiger partial charge in [0.15, 0.2) is 0 Å². The van der Waals surface area contributed by atoms with Gasteiger partial charge in [0.05, 0.1) is 0 Å². The van der Waals surface area contributed by atoms with Gasteiger partial charge in [-0.3, -0.25) is 0 Å². The number of hydrogen-bond donors (Lipinski definition) is 0. The van der Waals surface area contributed by atoms with E-state index in [1.807, 2.05) is 27.7 Å². The second-order valence-electron chi connectivity index (χ2n) is 2.92. The monoisotopic (exact) mass is 208 g/mol. The molecule has 0 atom stereocenters. The first-order valence-electron chi connectivity index (χ1n) is 6.43. The quantitative estimate of drug-likeness (QED) is 0.602. The van der Waals surface area contributed by atoms with Gasteiger partial charge in [-0.05, 0) is 24.3 Å². The molecule has 1 aromatic carbocycles. The van der Waals surface area contributed by atoms with Gasteiger partial charge >= 0.3 is 0 Å². The standard InChI is InChI=1S/C11H16.2C2H6/c1-3-10(4-2)11-8-6-5-7-9-11;2*1-2/h5-10H,3-4H2,1-2H3;2*1-2H3. The highest BCUT2D eigenvalue weighted by Crippen LogP contribution is 2.21. The van der Waals surface area contributed by atoms with E-state index in [9.17, 15) is 0 Å². The summed E-state index contributed by atoms with van der Waals surface area (Å²) in [6.45, 7) is 12.5. The Kier molecular flexibility index (Phi) is 14.7. The molecule has 1 rings (SSSR count). The van der Waals surface area contributed by atoms with Gasteiger partial charge in [-0.25, -0.2) is 0 Å². The molecule has 0 aliphatic heterocycles. The van der Waals surface area contributed by atoms with Crippen LogP contribution in [0.1, 0.15) is 65.9 Å². The Bertz CT molecular complexity index is 184. The third kappa shape index (κ3) is 7.18. The van der Waals surface area contributed by atoms with Crippen LogP contribution in [-0.4, -0.2) is 0 Å². The lowest BCUT2D eigenvalue weighted by Gasteiger charge is -2.11. The SMILES string of the molecule is CC.CC.CCC(CC)c1ccccc1. The lowest BCUT2D eigenvalue weighted by Crippen LogP contribution is -1.93. The maximum atomic E-state index is 2.25. The third-order valence-corrected chi connectivity index (χ3v) is 2.26. The second kappa shape index (κ2) is 13.2. The molecule has 88 valence electrons. The molecule has 0 saturated heterocycles. The van der Waals surface area contributed by atoms with Crippen molar-refractivity contribution in [2.24, 2.45) is 0 Å². The molecule has 0 aromatic heterocycles. The molecule has 0 heterocycles. The van der Waals surface area contributed by atoms with Crippen LogP contribution in [0.25, 0.3) is 0 Å². The molecule has 0 unspecified atom stereocenters. The molecule has 0 bridgehead atoms. The first-order chi connectivity index (χ1) is 7.38. The molecule has 15 heavy (non-hydrogen) atoms. The van der Waals surface area contributed by atoms with E-state index >= 15 is 0 Å². The Morgan fingerprint density at radius 3 is 1.53 bits per heavy atom.